The zero-order chi connectivity index (χ0) is 18.6. The van der Waals surface area contributed by atoms with Crippen LogP contribution in [0.5, 0.6) is 0 Å². The predicted molar refractivity (Wildman–Crippen MR) is 112 cm³/mol. The molecule has 27 heavy (non-hydrogen) atoms. The van der Waals surface area contributed by atoms with E-state index < -0.39 is 0 Å². The fraction of sp³-hybridized carbons (Fsp3) is 0.0833. The van der Waals surface area contributed by atoms with Gasteiger partial charge in [-0.15, -0.1) is 0 Å². The Morgan fingerprint density at radius 3 is 1.44 bits per heavy atom. The second-order valence-electron chi connectivity index (χ2n) is 6.39. The molecule has 0 radical (unpaired) electrons. The Balaban J connectivity index is 1.46. The molecule has 0 unspecified atom stereocenters. The van der Waals surface area contributed by atoms with Crippen molar-refractivity contribution in [2.24, 2.45) is 0 Å². The molecule has 132 valence electrons. The molecule has 2 nitrogen and oxygen atoms in total. The van der Waals surface area contributed by atoms with Crippen molar-refractivity contribution in [3.05, 3.63) is 96.1 Å². The van der Waals surface area contributed by atoms with Gasteiger partial charge in [0.25, 0.3) is 0 Å². The minimum absolute atomic E-state index is 0.0535. The van der Waals surface area contributed by atoms with Crippen molar-refractivity contribution >= 4 is 48.1 Å². The fourth-order valence-corrected chi connectivity index (χ4v) is 4.97. The molecule has 4 aromatic rings. The van der Waals surface area contributed by atoms with Crippen molar-refractivity contribution < 1.29 is 9.59 Å². The Morgan fingerprint density at radius 1 is 0.556 bits per heavy atom. The molecule has 0 amide bonds. The number of fused-ring (bicyclic) bond motifs is 2. The first-order valence-electron chi connectivity index (χ1n) is 8.84. The molecule has 0 atom stereocenters. The number of Topliss-reactive ketones (excluding diaryl/α,β-unsaturated/α-hetero) is 2. The van der Waals surface area contributed by atoms with Gasteiger partial charge in [-0.25, -0.2) is 0 Å². The van der Waals surface area contributed by atoms with E-state index >= 15 is 0 Å². The van der Waals surface area contributed by atoms with Gasteiger partial charge in [0.05, 0.1) is 0 Å². The van der Waals surface area contributed by atoms with Gasteiger partial charge in [-0.2, -0.15) is 0 Å². The minimum atomic E-state index is -0.0535. The zero-order valence-corrected chi connectivity index (χ0v) is 16.4. The van der Waals surface area contributed by atoms with E-state index in [1.54, 1.807) is 0 Å². The molecule has 3 heteroatoms. The number of carbonyl (C=O) groups excluding carboxylic acids is 2. The maximum atomic E-state index is 12.7. The first-order valence-corrected chi connectivity index (χ1v) is 11.3. The molecule has 0 fully saturated rings. The third-order valence-corrected chi connectivity index (χ3v) is 6.60. The predicted octanol–water partition coefficient (Wildman–Crippen LogP) is 5.60. The summed E-state index contributed by atoms with van der Waals surface area (Å²) in [6.45, 7) is 0. The molecule has 0 aliphatic rings. The Kier molecular flexibility index (Phi) is 5.15. The van der Waals surface area contributed by atoms with Crippen LogP contribution in [-0.2, 0) is 0 Å². The van der Waals surface area contributed by atoms with Gasteiger partial charge in [0.1, 0.15) is 0 Å². The van der Waals surface area contributed by atoms with Crippen LogP contribution in [-0.4, -0.2) is 26.5 Å². The summed E-state index contributed by atoms with van der Waals surface area (Å²) in [4.78, 5) is 25.4. The topological polar surface area (TPSA) is 34.1 Å². The quantitative estimate of drug-likeness (QED) is 0.302. The van der Waals surface area contributed by atoms with Gasteiger partial charge in [-0.05, 0) is 0 Å². The maximum absolute atomic E-state index is 12.7. The fourth-order valence-electron chi connectivity index (χ4n) is 3.33. The number of hydrogen-bond donors (Lipinski definition) is 0. The van der Waals surface area contributed by atoms with Crippen molar-refractivity contribution in [1.29, 1.82) is 0 Å². The van der Waals surface area contributed by atoms with Crippen LogP contribution in [0.1, 0.15) is 20.7 Å². The number of rotatable bonds is 6. The molecule has 0 saturated carbocycles. The van der Waals surface area contributed by atoms with Gasteiger partial charge < -0.3 is 0 Å². The number of carbonyl (C=O) groups is 2. The Labute approximate surface area is 164 Å². The third-order valence-electron chi connectivity index (χ3n) is 4.65. The van der Waals surface area contributed by atoms with Crippen LogP contribution in [0.4, 0.5) is 0 Å². The van der Waals surface area contributed by atoms with Gasteiger partial charge in [0, 0.05) is 0 Å². The molecule has 0 spiro atoms. The van der Waals surface area contributed by atoms with E-state index in [-0.39, 0.29) is 26.5 Å². The van der Waals surface area contributed by atoms with Gasteiger partial charge in [-0.3, -0.25) is 0 Å². The number of benzene rings is 4. The molecule has 4 rings (SSSR count). The standard InChI is InChI=1S/C24H18O2Se/c25-23(21-13-5-9-17-7-1-3-11-19(17)21)15-27-16-24(26)22-14-6-10-18-8-2-4-12-20(18)22/h1-14H,15-16H2. The van der Waals surface area contributed by atoms with Crippen molar-refractivity contribution in [3.63, 3.8) is 0 Å². The Bertz CT molecular complexity index is 1050. The summed E-state index contributed by atoms with van der Waals surface area (Å²) in [6, 6.07) is 27.5. The van der Waals surface area contributed by atoms with Crippen LogP contribution in [0.3, 0.4) is 0 Å². The summed E-state index contributed by atoms with van der Waals surface area (Å²) in [5.74, 6) is 0.245. The molecular weight excluding hydrogens is 399 g/mol. The zero-order valence-electron chi connectivity index (χ0n) is 14.7. The second-order valence-corrected chi connectivity index (χ2v) is 8.46. The van der Waals surface area contributed by atoms with Crippen molar-refractivity contribution in [3.8, 4) is 0 Å². The van der Waals surface area contributed by atoms with Crippen LogP contribution in [0.25, 0.3) is 21.5 Å². The summed E-state index contributed by atoms with van der Waals surface area (Å²) < 4.78 is 0. The van der Waals surface area contributed by atoms with Crippen molar-refractivity contribution in [2.45, 2.75) is 10.6 Å². The molecular formula is C24H18O2Se. The first kappa shape index (κ1) is 17.7. The average Bonchev–Trinajstić information content (AvgIpc) is 2.72. The van der Waals surface area contributed by atoms with Crippen LogP contribution in [0.2, 0.25) is 10.6 Å². The summed E-state index contributed by atoms with van der Waals surface area (Å²) in [6.07, 6.45) is 0. The number of hydrogen-bond acceptors (Lipinski definition) is 2. The van der Waals surface area contributed by atoms with Crippen LogP contribution in [0, 0.1) is 0 Å². The molecule has 0 N–H and O–H groups in total. The summed E-state index contributed by atoms with van der Waals surface area (Å²) >= 11 is -0.0535. The summed E-state index contributed by atoms with van der Waals surface area (Å²) in [5, 5.41) is 5.00. The van der Waals surface area contributed by atoms with E-state index in [1.165, 1.54) is 0 Å². The third kappa shape index (κ3) is 3.71. The van der Waals surface area contributed by atoms with Gasteiger partial charge in [0.2, 0.25) is 0 Å². The molecule has 0 aliphatic heterocycles. The number of ketones is 2. The molecule has 0 saturated heterocycles. The normalized spacial score (nSPS) is 11.0. The Morgan fingerprint density at radius 2 is 0.963 bits per heavy atom. The van der Waals surface area contributed by atoms with E-state index in [0.29, 0.717) is 10.6 Å². The van der Waals surface area contributed by atoms with Crippen molar-refractivity contribution in [2.75, 3.05) is 0 Å². The van der Waals surface area contributed by atoms with Gasteiger partial charge in [-0.1, -0.05) is 0 Å². The van der Waals surface area contributed by atoms with Gasteiger partial charge in [0.15, 0.2) is 0 Å². The van der Waals surface area contributed by atoms with Gasteiger partial charge >= 0.3 is 164 Å². The molecule has 0 bridgehead atoms. The molecule has 0 aliphatic carbocycles. The van der Waals surface area contributed by atoms with E-state index in [9.17, 15) is 9.59 Å². The van der Waals surface area contributed by atoms with E-state index in [0.717, 1.165) is 32.7 Å². The molecule has 4 aromatic carbocycles. The van der Waals surface area contributed by atoms with Crippen LogP contribution in [0.15, 0.2) is 84.9 Å². The monoisotopic (exact) mass is 418 g/mol. The van der Waals surface area contributed by atoms with E-state index in [4.69, 9.17) is 0 Å². The SMILES string of the molecule is O=C(C[Se]CC(=O)c1cccc2ccccc12)c1cccc2ccccc12. The van der Waals surface area contributed by atoms with Crippen molar-refractivity contribution in [1.82, 2.24) is 0 Å². The van der Waals surface area contributed by atoms with E-state index in [2.05, 4.69) is 0 Å². The van der Waals surface area contributed by atoms with Crippen LogP contribution < -0.4 is 0 Å². The average molecular weight is 417 g/mol. The van der Waals surface area contributed by atoms with Crippen LogP contribution >= 0.6 is 0 Å². The second kappa shape index (κ2) is 7.87. The molecule has 0 heterocycles. The first-order chi connectivity index (χ1) is 13.2. The Hall–Kier alpha value is -2.74. The summed E-state index contributed by atoms with van der Waals surface area (Å²) in [7, 11) is 0. The van der Waals surface area contributed by atoms with E-state index in [1.807, 2.05) is 84.9 Å². The molecule has 0 aromatic heterocycles. The summed E-state index contributed by atoms with van der Waals surface area (Å²) in [5.41, 5.74) is 1.51.